The first kappa shape index (κ1) is 8.44. The normalized spacial score (nSPS) is 18.2. The van der Waals surface area contributed by atoms with Gasteiger partial charge in [0.15, 0.2) is 0 Å². The van der Waals surface area contributed by atoms with E-state index in [0.717, 1.165) is 13.2 Å². The molecule has 0 aromatic carbocycles. The summed E-state index contributed by atoms with van der Waals surface area (Å²) in [4.78, 5) is 4.52. The quantitative estimate of drug-likeness (QED) is 0.567. The molecule has 0 aromatic heterocycles. The van der Waals surface area contributed by atoms with Gasteiger partial charge >= 0.3 is 0 Å². The summed E-state index contributed by atoms with van der Waals surface area (Å²) in [5, 5.41) is 0. The standard InChI is InChI=1S/C9H18N2/c1-9(2,3)7-11-6-5-10(4)8-11/h5-6H,7-8H2,1-4H3. The lowest BCUT2D eigenvalue weighted by Gasteiger charge is -2.26. The molecule has 1 rings (SSSR count). The molecule has 0 spiro atoms. The summed E-state index contributed by atoms with van der Waals surface area (Å²) >= 11 is 0. The molecule has 0 aliphatic carbocycles. The van der Waals surface area contributed by atoms with Gasteiger partial charge in [-0.3, -0.25) is 0 Å². The van der Waals surface area contributed by atoms with Crippen LogP contribution in [-0.2, 0) is 0 Å². The largest absolute Gasteiger partial charge is 0.362 e. The van der Waals surface area contributed by atoms with Gasteiger partial charge in [0.05, 0.1) is 6.67 Å². The maximum Gasteiger partial charge on any atom is 0.0891 e. The Morgan fingerprint density at radius 2 is 1.91 bits per heavy atom. The molecule has 0 saturated carbocycles. The second-order valence-corrected chi connectivity index (χ2v) is 4.50. The first-order valence-corrected chi connectivity index (χ1v) is 4.10. The predicted molar refractivity (Wildman–Crippen MR) is 47.9 cm³/mol. The van der Waals surface area contributed by atoms with Crippen LogP contribution in [0.2, 0.25) is 0 Å². The van der Waals surface area contributed by atoms with Gasteiger partial charge in [0.1, 0.15) is 0 Å². The van der Waals surface area contributed by atoms with E-state index in [4.69, 9.17) is 0 Å². The number of rotatable bonds is 1. The highest BCUT2D eigenvalue weighted by Crippen LogP contribution is 2.17. The summed E-state index contributed by atoms with van der Waals surface area (Å²) in [6.45, 7) is 8.96. The molecule has 11 heavy (non-hydrogen) atoms. The van der Waals surface area contributed by atoms with Crippen molar-refractivity contribution in [2.24, 2.45) is 5.41 Å². The Balaban J connectivity index is 2.36. The summed E-state index contributed by atoms with van der Waals surface area (Å²) in [5.41, 5.74) is 0.398. The van der Waals surface area contributed by atoms with Crippen molar-refractivity contribution < 1.29 is 0 Å². The first-order chi connectivity index (χ1) is 4.97. The molecule has 64 valence electrons. The Morgan fingerprint density at radius 1 is 1.27 bits per heavy atom. The second kappa shape index (κ2) is 2.76. The highest BCUT2D eigenvalue weighted by atomic mass is 15.3. The average Bonchev–Trinajstić information content (AvgIpc) is 2.10. The third-order valence-electron chi connectivity index (χ3n) is 1.61. The topological polar surface area (TPSA) is 6.48 Å². The SMILES string of the molecule is CN1C=CN(CC(C)(C)C)C1. The molecule has 1 aliphatic rings. The van der Waals surface area contributed by atoms with Gasteiger partial charge in [0, 0.05) is 26.0 Å². The van der Waals surface area contributed by atoms with Crippen LogP contribution in [0.25, 0.3) is 0 Å². The molecule has 0 bridgehead atoms. The van der Waals surface area contributed by atoms with Crippen LogP contribution in [0.15, 0.2) is 12.4 Å². The van der Waals surface area contributed by atoms with Crippen LogP contribution in [-0.4, -0.2) is 30.1 Å². The summed E-state index contributed by atoms with van der Waals surface area (Å²) in [6.07, 6.45) is 4.27. The molecule has 2 nitrogen and oxygen atoms in total. The van der Waals surface area contributed by atoms with Gasteiger partial charge in [0.25, 0.3) is 0 Å². The van der Waals surface area contributed by atoms with Crippen molar-refractivity contribution in [1.29, 1.82) is 0 Å². The Labute approximate surface area is 69.5 Å². The maximum atomic E-state index is 2.33. The highest BCUT2D eigenvalue weighted by Gasteiger charge is 2.16. The zero-order valence-electron chi connectivity index (χ0n) is 7.96. The van der Waals surface area contributed by atoms with Crippen molar-refractivity contribution >= 4 is 0 Å². The number of hydrogen-bond donors (Lipinski definition) is 0. The summed E-state index contributed by atoms with van der Waals surface area (Å²) in [7, 11) is 2.10. The van der Waals surface area contributed by atoms with E-state index in [-0.39, 0.29) is 0 Å². The van der Waals surface area contributed by atoms with E-state index >= 15 is 0 Å². The molecular weight excluding hydrogens is 136 g/mol. The van der Waals surface area contributed by atoms with Crippen LogP contribution in [0, 0.1) is 5.41 Å². The molecule has 0 saturated heterocycles. The molecule has 0 unspecified atom stereocenters. The average molecular weight is 154 g/mol. The smallest absolute Gasteiger partial charge is 0.0891 e. The van der Waals surface area contributed by atoms with E-state index in [1.807, 2.05) is 0 Å². The van der Waals surface area contributed by atoms with Crippen molar-refractivity contribution in [3.63, 3.8) is 0 Å². The van der Waals surface area contributed by atoms with Crippen LogP contribution in [0.1, 0.15) is 20.8 Å². The minimum Gasteiger partial charge on any atom is -0.362 e. The van der Waals surface area contributed by atoms with E-state index < -0.39 is 0 Å². The molecule has 0 atom stereocenters. The van der Waals surface area contributed by atoms with Crippen LogP contribution in [0.3, 0.4) is 0 Å². The van der Waals surface area contributed by atoms with E-state index in [1.54, 1.807) is 0 Å². The monoisotopic (exact) mass is 154 g/mol. The van der Waals surface area contributed by atoms with E-state index in [9.17, 15) is 0 Å². The van der Waals surface area contributed by atoms with Gasteiger partial charge in [-0.15, -0.1) is 0 Å². The van der Waals surface area contributed by atoms with Crippen molar-refractivity contribution in [3.05, 3.63) is 12.4 Å². The van der Waals surface area contributed by atoms with Gasteiger partial charge in [0.2, 0.25) is 0 Å². The third kappa shape index (κ3) is 2.83. The van der Waals surface area contributed by atoms with Crippen molar-refractivity contribution in [1.82, 2.24) is 9.80 Å². The van der Waals surface area contributed by atoms with Gasteiger partial charge in [-0.2, -0.15) is 0 Å². The molecule has 0 amide bonds. The molecule has 1 heterocycles. The molecule has 1 aliphatic heterocycles. The van der Waals surface area contributed by atoms with E-state index in [2.05, 4.69) is 50.0 Å². The van der Waals surface area contributed by atoms with E-state index in [0.29, 0.717) is 5.41 Å². The minimum absolute atomic E-state index is 0.398. The Morgan fingerprint density at radius 3 is 2.27 bits per heavy atom. The Bertz CT molecular complexity index is 155. The lowest BCUT2D eigenvalue weighted by molar-refractivity contribution is 0.219. The second-order valence-electron chi connectivity index (χ2n) is 4.50. The fourth-order valence-electron chi connectivity index (χ4n) is 1.30. The zero-order chi connectivity index (χ0) is 8.48. The van der Waals surface area contributed by atoms with Crippen molar-refractivity contribution in [3.8, 4) is 0 Å². The summed E-state index contributed by atoms with van der Waals surface area (Å²) < 4.78 is 0. The minimum atomic E-state index is 0.398. The summed E-state index contributed by atoms with van der Waals surface area (Å²) in [6, 6.07) is 0. The van der Waals surface area contributed by atoms with Crippen LogP contribution < -0.4 is 0 Å². The van der Waals surface area contributed by atoms with Gasteiger partial charge in [-0.05, 0) is 5.41 Å². The molecule has 0 fully saturated rings. The predicted octanol–water partition coefficient (Wildman–Crippen LogP) is 1.71. The third-order valence-corrected chi connectivity index (χ3v) is 1.61. The molecule has 0 N–H and O–H groups in total. The van der Waals surface area contributed by atoms with Crippen molar-refractivity contribution in [2.75, 3.05) is 20.3 Å². The van der Waals surface area contributed by atoms with Gasteiger partial charge < -0.3 is 9.80 Å². The van der Waals surface area contributed by atoms with Gasteiger partial charge in [-0.1, -0.05) is 20.8 Å². The van der Waals surface area contributed by atoms with Crippen LogP contribution >= 0.6 is 0 Å². The Kier molecular flexibility index (Phi) is 2.12. The fourth-order valence-corrected chi connectivity index (χ4v) is 1.30. The number of hydrogen-bond acceptors (Lipinski definition) is 2. The summed E-state index contributed by atoms with van der Waals surface area (Å²) in [5.74, 6) is 0. The van der Waals surface area contributed by atoms with Crippen LogP contribution in [0.4, 0.5) is 0 Å². The molecule has 0 aromatic rings. The fraction of sp³-hybridized carbons (Fsp3) is 0.778. The highest BCUT2D eigenvalue weighted by molar-refractivity contribution is 4.90. The Hall–Kier alpha value is -0.660. The van der Waals surface area contributed by atoms with Crippen molar-refractivity contribution in [2.45, 2.75) is 20.8 Å². The molecule has 0 radical (unpaired) electrons. The molecular formula is C9H18N2. The number of nitrogens with zero attached hydrogens (tertiary/aromatic N) is 2. The lowest BCUT2D eigenvalue weighted by Crippen LogP contribution is -2.30. The lowest BCUT2D eigenvalue weighted by atomic mass is 9.96. The van der Waals surface area contributed by atoms with Crippen LogP contribution in [0.5, 0.6) is 0 Å². The van der Waals surface area contributed by atoms with E-state index in [1.165, 1.54) is 0 Å². The molecule has 2 heteroatoms. The van der Waals surface area contributed by atoms with Gasteiger partial charge in [-0.25, -0.2) is 0 Å². The first-order valence-electron chi connectivity index (χ1n) is 4.10. The zero-order valence-corrected chi connectivity index (χ0v) is 7.96. The maximum absolute atomic E-state index is 2.33.